The molecule has 2 aromatic heterocycles. The first-order valence-electron chi connectivity index (χ1n) is 20.0. The van der Waals surface area contributed by atoms with Gasteiger partial charge in [0.1, 0.15) is 0 Å². The highest BCUT2D eigenvalue weighted by molar-refractivity contribution is 6.12. The van der Waals surface area contributed by atoms with Gasteiger partial charge in [-0.1, -0.05) is 133 Å². The number of fused-ring (bicyclic) bond motifs is 3. The molecule has 0 fully saturated rings. The Balaban J connectivity index is 1.28. The molecule has 0 saturated carbocycles. The summed E-state index contributed by atoms with van der Waals surface area (Å²) in [5.41, 5.74) is 8.68. The van der Waals surface area contributed by atoms with E-state index in [0.717, 1.165) is 61.3 Å². The van der Waals surface area contributed by atoms with Gasteiger partial charge in [0.15, 0.2) is 17.5 Å². The molecule has 0 radical (unpaired) electrons. The zero-order valence-corrected chi connectivity index (χ0v) is 33.2. The standard InChI is InChI=1S/C54H31F3N6/c55-54(56,57)42-19-11-18-36(28-42)45-25-22-39(53-61-51(34-12-3-1-4-13-34)60-52(62-53)35-14-5-2-6-15-35)31-50(45)63-48-26-23-37(43-20-9-7-16-40(43)32-58)29-46(48)47-30-38(24-27-49(47)63)44-21-10-8-17-41(44)33-59/h1-31H. The van der Waals surface area contributed by atoms with Crippen LogP contribution in [0, 0.1) is 22.7 Å². The fourth-order valence-electron chi connectivity index (χ4n) is 8.18. The molecular weight excluding hydrogens is 790 g/mol. The van der Waals surface area contributed by atoms with Crippen LogP contribution < -0.4 is 0 Å². The maximum Gasteiger partial charge on any atom is 0.416 e. The SMILES string of the molecule is N#Cc1ccccc1-c1ccc2c(c1)c1cc(-c3ccccc3C#N)ccc1n2-c1cc(-c2nc(-c3ccccc3)nc(-c3ccccc3)n2)ccc1-c1cccc(C(F)(F)F)c1. The summed E-state index contributed by atoms with van der Waals surface area (Å²) in [5.74, 6) is 1.32. The molecule has 63 heavy (non-hydrogen) atoms. The Labute approximate surface area is 360 Å². The lowest BCUT2D eigenvalue weighted by Gasteiger charge is -2.17. The van der Waals surface area contributed by atoms with E-state index in [1.54, 1.807) is 18.2 Å². The van der Waals surface area contributed by atoms with Crippen molar-refractivity contribution < 1.29 is 13.2 Å². The summed E-state index contributed by atoms with van der Waals surface area (Å²) in [7, 11) is 0. The number of halogens is 3. The average Bonchev–Trinajstić information content (AvgIpc) is 3.66. The molecule has 6 nitrogen and oxygen atoms in total. The summed E-state index contributed by atoms with van der Waals surface area (Å²) >= 11 is 0. The fraction of sp³-hybridized carbons (Fsp3) is 0.0185. The van der Waals surface area contributed by atoms with E-state index in [4.69, 9.17) is 15.0 Å². The zero-order chi connectivity index (χ0) is 43.1. The Morgan fingerprint density at radius 3 is 1.35 bits per heavy atom. The molecule has 0 N–H and O–H groups in total. The van der Waals surface area contributed by atoms with Crippen molar-refractivity contribution >= 4 is 21.8 Å². The van der Waals surface area contributed by atoms with E-state index in [-0.39, 0.29) is 0 Å². The van der Waals surface area contributed by atoms with Crippen LogP contribution in [0.2, 0.25) is 0 Å². The Morgan fingerprint density at radius 2 is 0.841 bits per heavy atom. The zero-order valence-electron chi connectivity index (χ0n) is 33.2. The molecule has 0 aliphatic rings. The van der Waals surface area contributed by atoms with Crippen LogP contribution in [0.15, 0.2) is 188 Å². The maximum absolute atomic E-state index is 14.3. The van der Waals surface area contributed by atoms with Crippen LogP contribution in [0.3, 0.4) is 0 Å². The van der Waals surface area contributed by atoms with Crippen molar-refractivity contribution in [2.24, 2.45) is 0 Å². The van der Waals surface area contributed by atoms with Crippen LogP contribution in [0.4, 0.5) is 13.2 Å². The van der Waals surface area contributed by atoms with E-state index < -0.39 is 11.7 Å². The van der Waals surface area contributed by atoms with Gasteiger partial charge in [0.2, 0.25) is 0 Å². The Kier molecular flexibility index (Phi) is 9.63. The molecule has 0 spiro atoms. The van der Waals surface area contributed by atoms with Gasteiger partial charge in [0, 0.05) is 33.0 Å². The predicted molar refractivity (Wildman–Crippen MR) is 241 cm³/mol. The number of aromatic nitrogens is 4. The van der Waals surface area contributed by atoms with E-state index in [1.165, 1.54) is 12.1 Å². The minimum Gasteiger partial charge on any atom is -0.309 e. The van der Waals surface area contributed by atoms with Gasteiger partial charge >= 0.3 is 6.18 Å². The third-order valence-corrected chi connectivity index (χ3v) is 11.2. The number of nitriles is 2. The van der Waals surface area contributed by atoms with Gasteiger partial charge in [0.05, 0.1) is 45.5 Å². The molecule has 9 heteroatoms. The maximum atomic E-state index is 14.3. The highest BCUT2D eigenvalue weighted by Crippen LogP contribution is 2.42. The van der Waals surface area contributed by atoms with Crippen molar-refractivity contribution in [2.75, 3.05) is 0 Å². The lowest BCUT2D eigenvalue weighted by Crippen LogP contribution is -2.05. The molecule has 2 heterocycles. The largest absolute Gasteiger partial charge is 0.416 e. The lowest BCUT2D eigenvalue weighted by molar-refractivity contribution is -0.137. The molecule has 10 rings (SSSR count). The Morgan fingerprint density at radius 1 is 0.397 bits per heavy atom. The number of hydrogen-bond acceptors (Lipinski definition) is 5. The summed E-state index contributed by atoms with van der Waals surface area (Å²) in [6, 6.07) is 61.5. The van der Waals surface area contributed by atoms with Crippen molar-refractivity contribution in [2.45, 2.75) is 6.18 Å². The van der Waals surface area contributed by atoms with Crippen LogP contribution in [0.5, 0.6) is 0 Å². The van der Waals surface area contributed by atoms with E-state index in [1.807, 2.05) is 152 Å². The number of rotatable bonds is 7. The summed E-state index contributed by atoms with van der Waals surface area (Å²) < 4.78 is 45.0. The number of hydrogen-bond donors (Lipinski definition) is 0. The number of nitrogens with zero attached hydrogens (tertiary/aromatic N) is 6. The highest BCUT2D eigenvalue weighted by Gasteiger charge is 2.31. The average molecular weight is 821 g/mol. The van der Waals surface area contributed by atoms with Crippen molar-refractivity contribution in [3.63, 3.8) is 0 Å². The predicted octanol–water partition coefficient (Wildman–Crippen LogP) is 13.7. The van der Waals surface area contributed by atoms with Gasteiger partial charge in [-0.15, -0.1) is 0 Å². The first kappa shape index (κ1) is 38.5. The molecular formula is C54H31F3N6. The first-order valence-corrected chi connectivity index (χ1v) is 20.0. The molecule has 0 aliphatic heterocycles. The number of alkyl halides is 3. The van der Waals surface area contributed by atoms with Crippen molar-refractivity contribution in [3.05, 3.63) is 205 Å². The van der Waals surface area contributed by atoms with E-state index in [2.05, 4.69) is 16.7 Å². The summed E-state index contributed by atoms with van der Waals surface area (Å²) in [4.78, 5) is 14.8. The molecule has 8 aromatic carbocycles. The van der Waals surface area contributed by atoms with Gasteiger partial charge in [-0.05, 0) is 82.4 Å². The van der Waals surface area contributed by atoms with Gasteiger partial charge < -0.3 is 4.57 Å². The van der Waals surface area contributed by atoms with Gasteiger partial charge in [-0.3, -0.25) is 0 Å². The molecule has 0 amide bonds. The highest BCUT2D eigenvalue weighted by atomic mass is 19.4. The lowest BCUT2D eigenvalue weighted by atomic mass is 9.96. The minimum atomic E-state index is -4.57. The van der Waals surface area contributed by atoms with E-state index in [9.17, 15) is 23.7 Å². The number of benzene rings is 8. The molecule has 0 atom stereocenters. The Hall–Kier alpha value is -8.66. The summed E-state index contributed by atoms with van der Waals surface area (Å²) in [6.45, 7) is 0. The molecule has 0 saturated heterocycles. The topological polar surface area (TPSA) is 91.2 Å². The van der Waals surface area contributed by atoms with Crippen molar-refractivity contribution in [3.8, 4) is 85.4 Å². The van der Waals surface area contributed by atoms with Gasteiger partial charge in [-0.2, -0.15) is 23.7 Å². The first-order chi connectivity index (χ1) is 30.8. The smallest absolute Gasteiger partial charge is 0.309 e. The van der Waals surface area contributed by atoms with Crippen molar-refractivity contribution in [1.29, 1.82) is 10.5 Å². The van der Waals surface area contributed by atoms with Crippen LogP contribution >= 0.6 is 0 Å². The minimum absolute atomic E-state index is 0.367. The summed E-state index contributed by atoms with van der Waals surface area (Å²) in [5, 5.41) is 21.8. The Bertz CT molecular complexity index is 3300. The van der Waals surface area contributed by atoms with Crippen LogP contribution in [0.1, 0.15) is 16.7 Å². The molecule has 298 valence electrons. The second-order valence-electron chi connectivity index (χ2n) is 15.0. The normalized spacial score (nSPS) is 11.4. The molecule has 0 bridgehead atoms. The fourth-order valence-corrected chi connectivity index (χ4v) is 8.18. The summed E-state index contributed by atoms with van der Waals surface area (Å²) in [6.07, 6.45) is -4.57. The van der Waals surface area contributed by atoms with Crippen LogP contribution in [-0.4, -0.2) is 19.5 Å². The van der Waals surface area contributed by atoms with Crippen molar-refractivity contribution in [1.82, 2.24) is 19.5 Å². The molecule has 0 aliphatic carbocycles. The monoisotopic (exact) mass is 820 g/mol. The van der Waals surface area contributed by atoms with Gasteiger partial charge in [0.25, 0.3) is 0 Å². The molecule has 10 aromatic rings. The van der Waals surface area contributed by atoms with Gasteiger partial charge in [-0.25, -0.2) is 15.0 Å². The molecule has 0 unspecified atom stereocenters. The second-order valence-corrected chi connectivity index (χ2v) is 15.0. The van der Waals surface area contributed by atoms with Crippen LogP contribution in [-0.2, 0) is 6.18 Å². The quantitative estimate of drug-likeness (QED) is 0.160. The van der Waals surface area contributed by atoms with Crippen LogP contribution in [0.25, 0.3) is 95.0 Å². The third kappa shape index (κ3) is 7.14. The third-order valence-electron chi connectivity index (χ3n) is 11.2. The second kappa shape index (κ2) is 15.7. The van der Waals surface area contributed by atoms with E-state index in [0.29, 0.717) is 51.0 Å². The van der Waals surface area contributed by atoms with E-state index >= 15 is 0 Å².